The van der Waals surface area contributed by atoms with Crippen molar-refractivity contribution < 1.29 is 0 Å². The van der Waals surface area contributed by atoms with Crippen LogP contribution in [0.3, 0.4) is 0 Å². The maximum atomic E-state index is 2.73. The number of aromatic nitrogens is 1. The number of anilines is 2. The Kier molecular flexibility index (Phi) is 7.66. The lowest BCUT2D eigenvalue weighted by Crippen LogP contribution is -2.60. The quantitative estimate of drug-likeness (QED) is 0.161. The Morgan fingerprint density at radius 2 is 1.02 bits per heavy atom. The van der Waals surface area contributed by atoms with E-state index in [0.717, 1.165) is 0 Å². The molecule has 0 N–H and O–H groups in total. The molecule has 0 fully saturated rings. The van der Waals surface area contributed by atoms with Crippen LogP contribution in [0.25, 0.3) is 82.8 Å². The molecule has 1 aliphatic carbocycles. The number of fused-ring (bicyclic) bond motifs is 9. The van der Waals surface area contributed by atoms with Gasteiger partial charge in [0, 0.05) is 33.4 Å². The molecule has 0 bridgehead atoms. The third-order valence-corrected chi connectivity index (χ3v) is 15.0. The summed E-state index contributed by atoms with van der Waals surface area (Å²) < 4.78 is 2.62. The average molecular weight is 807 g/mol. The number of benzene rings is 9. The van der Waals surface area contributed by atoms with Gasteiger partial charge in [-0.05, 0) is 150 Å². The van der Waals surface area contributed by atoms with E-state index in [0.29, 0.717) is 0 Å². The van der Waals surface area contributed by atoms with Crippen molar-refractivity contribution in [2.45, 2.75) is 51.4 Å². The summed E-state index contributed by atoms with van der Waals surface area (Å²) in [5.74, 6) is 0. The highest BCUT2D eigenvalue weighted by molar-refractivity contribution is 6.93. The van der Waals surface area contributed by atoms with Crippen molar-refractivity contribution in [2.24, 2.45) is 0 Å². The fourth-order valence-corrected chi connectivity index (χ4v) is 11.6. The molecule has 0 amide bonds. The summed E-state index contributed by atoms with van der Waals surface area (Å²) >= 11 is 0. The standard InChI is InChI=1S/C60H47BN2/c1-59(2)28-29-60(3,4)52-37-46(25-26-51(52)59)63-55-35-42-23-15-14-22-41(42)30-47(55)49-32-45(40-20-12-7-13-21-40)36-56-57(49)61(63)53-34-44(39-18-10-6-11-19-39)33-50-48-31-43(38-16-8-5-9-17-38)24-27-54(48)62(56)58(50)53/h5-27,30-37H,28-29H2,1-4H3. The van der Waals surface area contributed by atoms with Gasteiger partial charge in [-0.2, -0.15) is 0 Å². The van der Waals surface area contributed by atoms with E-state index in [1.54, 1.807) is 0 Å². The SMILES string of the molecule is CC1(C)CCC(C)(C)c2cc(N3B4c5c(cc(-c6ccccc6)cc5-n5c6ccc(-c7ccccc7)cc6c6cc(-c7ccccc7)cc4c65)-c4cc5ccccc5cc43)ccc21. The van der Waals surface area contributed by atoms with Crippen molar-refractivity contribution >= 4 is 61.7 Å². The molecule has 0 atom stereocenters. The summed E-state index contributed by atoms with van der Waals surface area (Å²) in [4.78, 5) is 2.73. The van der Waals surface area contributed by atoms with Crippen molar-refractivity contribution in [1.29, 1.82) is 0 Å². The van der Waals surface area contributed by atoms with E-state index in [2.05, 4.69) is 225 Å². The van der Waals surface area contributed by atoms with E-state index < -0.39 is 0 Å². The molecule has 0 spiro atoms. The van der Waals surface area contributed by atoms with Gasteiger partial charge in [0.1, 0.15) is 0 Å². The van der Waals surface area contributed by atoms with Crippen LogP contribution in [0.5, 0.6) is 0 Å². The summed E-state index contributed by atoms with van der Waals surface area (Å²) in [5, 5.41) is 5.07. The molecular weight excluding hydrogens is 759 g/mol. The van der Waals surface area contributed by atoms with Crippen LogP contribution in [-0.4, -0.2) is 11.4 Å². The summed E-state index contributed by atoms with van der Waals surface area (Å²) in [5.41, 5.74) is 22.1. The Hall–Kier alpha value is -7.10. The third kappa shape index (κ3) is 5.39. The Labute approximate surface area is 370 Å². The molecule has 2 aliphatic heterocycles. The second kappa shape index (κ2) is 13.2. The molecule has 300 valence electrons. The molecule has 3 heterocycles. The van der Waals surface area contributed by atoms with Crippen molar-refractivity contribution in [2.75, 3.05) is 4.81 Å². The minimum atomic E-state index is -0.0946. The summed E-state index contributed by atoms with van der Waals surface area (Å²) in [6.45, 7) is 9.69. The Bertz CT molecular complexity index is 3510. The number of hydrogen-bond acceptors (Lipinski definition) is 1. The van der Waals surface area contributed by atoms with Crippen LogP contribution < -0.4 is 15.7 Å². The van der Waals surface area contributed by atoms with Gasteiger partial charge in [-0.15, -0.1) is 0 Å². The first-order valence-electron chi connectivity index (χ1n) is 22.7. The molecule has 3 aliphatic rings. The van der Waals surface area contributed by atoms with E-state index in [1.165, 1.54) is 129 Å². The van der Waals surface area contributed by atoms with Gasteiger partial charge in [-0.1, -0.05) is 161 Å². The van der Waals surface area contributed by atoms with E-state index >= 15 is 0 Å². The minimum absolute atomic E-state index is 0.0620. The monoisotopic (exact) mass is 806 g/mol. The zero-order valence-electron chi connectivity index (χ0n) is 36.3. The minimum Gasteiger partial charge on any atom is -0.376 e. The number of rotatable bonds is 4. The summed E-state index contributed by atoms with van der Waals surface area (Å²) in [6, 6.07) is 71.3. The van der Waals surface area contributed by atoms with Gasteiger partial charge in [0.25, 0.3) is 0 Å². The van der Waals surface area contributed by atoms with E-state index in [-0.39, 0.29) is 17.7 Å². The molecule has 0 saturated carbocycles. The van der Waals surface area contributed by atoms with Gasteiger partial charge >= 0.3 is 6.85 Å². The normalized spacial score (nSPS) is 15.4. The van der Waals surface area contributed by atoms with Crippen LogP contribution in [-0.2, 0) is 10.8 Å². The highest BCUT2D eigenvalue weighted by Gasteiger charge is 2.45. The maximum absolute atomic E-state index is 2.73. The molecule has 9 aromatic carbocycles. The Morgan fingerprint density at radius 3 is 1.70 bits per heavy atom. The zero-order chi connectivity index (χ0) is 42.2. The van der Waals surface area contributed by atoms with Gasteiger partial charge in [-0.25, -0.2) is 0 Å². The fraction of sp³-hybridized carbons (Fsp3) is 0.133. The zero-order valence-corrected chi connectivity index (χ0v) is 36.3. The third-order valence-electron chi connectivity index (χ3n) is 15.0. The predicted octanol–water partition coefficient (Wildman–Crippen LogP) is 14.5. The topological polar surface area (TPSA) is 8.17 Å². The molecular formula is C60H47BN2. The van der Waals surface area contributed by atoms with Crippen molar-refractivity contribution in [3.63, 3.8) is 0 Å². The number of nitrogens with zero attached hydrogens (tertiary/aromatic N) is 2. The molecule has 13 rings (SSSR count). The maximum Gasteiger partial charge on any atom is 0.333 e. The summed E-state index contributed by atoms with van der Waals surface area (Å²) in [7, 11) is 0. The molecule has 2 nitrogen and oxygen atoms in total. The van der Waals surface area contributed by atoms with E-state index in [4.69, 9.17) is 0 Å². The van der Waals surface area contributed by atoms with Gasteiger partial charge in [0.15, 0.2) is 0 Å². The van der Waals surface area contributed by atoms with Crippen LogP contribution in [0, 0.1) is 0 Å². The predicted molar refractivity (Wildman–Crippen MR) is 269 cm³/mol. The summed E-state index contributed by atoms with van der Waals surface area (Å²) in [6.07, 6.45) is 2.36. The lowest BCUT2D eigenvalue weighted by molar-refractivity contribution is 0.332. The van der Waals surface area contributed by atoms with Gasteiger partial charge in [-0.3, -0.25) is 0 Å². The smallest absolute Gasteiger partial charge is 0.333 e. The van der Waals surface area contributed by atoms with E-state index in [9.17, 15) is 0 Å². The first-order valence-corrected chi connectivity index (χ1v) is 22.7. The molecule has 10 aromatic rings. The highest BCUT2D eigenvalue weighted by atomic mass is 15.1. The second-order valence-electron chi connectivity index (χ2n) is 19.6. The van der Waals surface area contributed by atoms with Gasteiger partial charge in [0.05, 0.1) is 11.0 Å². The second-order valence-corrected chi connectivity index (χ2v) is 19.6. The van der Waals surface area contributed by atoms with E-state index in [1.807, 2.05) is 0 Å². The van der Waals surface area contributed by atoms with Crippen LogP contribution in [0.4, 0.5) is 11.4 Å². The highest BCUT2D eigenvalue weighted by Crippen LogP contribution is 2.51. The van der Waals surface area contributed by atoms with Crippen LogP contribution >= 0.6 is 0 Å². The molecule has 1 aromatic heterocycles. The molecule has 0 unspecified atom stereocenters. The van der Waals surface area contributed by atoms with Crippen LogP contribution in [0.2, 0.25) is 0 Å². The lowest BCUT2D eigenvalue weighted by Gasteiger charge is -2.45. The largest absolute Gasteiger partial charge is 0.376 e. The van der Waals surface area contributed by atoms with Gasteiger partial charge < -0.3 is 9.38 Å². The Balaban J connectivity index is 1.20. The fourth-order valence-electron chi connectivity index (χ4n) is 11.6. The molecule has 0 radical (unpaired) electrons. The average Bonchev–Trinajstić information content (AvgIpc) is 3.66. The first kappa shape index (κ1) is 36.5. The van der Waals surface area contributed by atoms with Crippen molar-refractivity contribution in [1.82, 2.24) is 4.57 Å². The van der Waals surface area contributed by atoms with Crippen molar-refractivity contribution in [3.8, 4) is 50.2 Å². The van der Waals surface area contributed by atoms with Gasteiger partial charge in [0.2, 0.25) is 0 Å². The molecule has 3 heteroatoms. The number of hydrogen-bond donors (Lipinski definition) is 0. The van der Waals surface area contributed by atoms with Crippen LogP contribution in [0.15, 0.2) is 188 Å². The Morgan fingerprint density at radius 1 is 0.429 bits per heavy atom. The lowest BCUT2D eigenvalue weighted by atomic mass is 9.43. The molecule has 0 saturated heterocycles. The molecule has 63 heavy (non-hydrogen) atoms. The first-order chi connectivity index (χ1) is 30.7. The van der Waals surface area contributed by atoms with Crippen LogP contribution in [0.1, 0.15) is 51.7 Å². The van der Waals surface area contributed by atoms with Crippen molar-refractivity contribution in [3.05, 3.63) is 199 Å².